The monoisotopic (exact) mass is 767 g/mol. The number of aromatic nitrogens is 4. The normalized spacial score (nSPS) is 21.4. The molecule has 10 rings (SSSR count). The number of nitrogens with zero attached hydrogens (tertiary/aromatic N) is 6. The van der Waals surface area contributed by atoms with Gasteiger partial charge in [0.25, 0.3) is 5.91 Å². The number of imide groups is 1. The molecule has 1 saturated carbocycles. The molecule has 4 aliphatic heterocycles. The average molecular weight is 768 g/mol. The van der Waals surface area contributed by atoms with Gasteiger partial charge in [0.1, 0.15) is 6.04 Å². The van der Waals surface area contributed by atoms with Crippen LogP contribution in [0.5, 0.6) is 0 Å². The molecule has 1 spiro atoms. The summed E-state index contributed by atoms with van der Waals surface area (Å²) >= 11 is 0. The Bertz CT molecular complexity index is 2440. The van der Waals surface area contributed by atoms with E-state index in [1.807, 2.05) is 24.4 Å². The molecule has 4 fully saturated rings. The molecule has 3 saturated heterocycles. The van der Waals surface area contributed by atoms with Crippen molar-refractivity contribution in [3.8, 4) is 22.5 Å². The lowest BCUT2D eigenvalue weighted by Gasteiger charge is -2.44. The van der Waals surface area contributed by atoms with Crippen molar-refractivity contribution < 1.29 is 14.4 Å². The molecule has 13 nitrogen and oxygen atoms in total. The van der Waals surface area contributed by atoms with Gasteiger partial charge in [0.15, 0.2) is 0 Å². The number of fused-ring (bicyclic) bond motifs is 3. The quantitative estimate of drug-likeness (QED) is 0.205. The number of aryl methyl sites for hydroxylation is 1. The van der Waals surface area contributed by atoms with Crippen LogP contribution in [0.4, 0.5) is 11.4 Å². The van der Waals surface area contributed by atoms with Gasteiger partial charge in [-0.25, -0.2) is 4.79 Å². The van der Waals surface area contributed by atoms with Crippen LogP contribution in [0.25, 0.3) is 33.5 Å². The minimum atomic E-state index is -0.677. The maximum atomic E-state index is 13.2. The minimum absolute atomic E-state index is 0.0158. The number of H-pyrrole nitrogens is 1. The first-order chi connectivity index (χ1) is 27.7. The molecule has 2 aromatic carbocycles. The second kappa shape index (κ2) is 14.0. The summed E-state index contributed by atoms with van der Waals surface area (Å²) in [4.78, 5) is 66.1. The number of carbonyl (C=O) groups excluding carboxylic acids is 3. The van der Waals surface area contributed by atoms with Gasteiger partial charge in [-0.2, -0.15) is 0 Å². The van der Waals surface area contributed by atoms with Crippen molar-refractivity contribution in [3.63, 3.8) is 0 Å². The number of aromatic amines is 1. The van der Waals surface area contributed by atoms with Gasteiger partial charge in [0.05, 0.1) is 22.3 Å². The molecular formula is C44H49N9O4. The second-order valence-electron chi connectivity index (χ2n) is 16.8. The third kappa shape index (κ3) is 6.32. The average Bonchev–Trinajstić information content (AvgIpc) is 3.78. The molecule has 3 amide bonds. The largest absolute Gasteiger partial charge is 0.371 e. The fourth-order valence-electron chi connectivity index (χ4n) is 9.98. The number of carbonyl (C=O) groups is 3. The van der Waals surface area contributed by atoms with Gasteiger partial charge in [-0.1, -0.05) is 18.6 Å². The van der Waals surface area contributed by atoms with Gasteiger partial charge >= 0.3 is 5.69 Å². The molecule has 0 radical (unpaired) electrons. The van der Waals surface area contributed by atoms with Gasteiger partial charge in [0, 0.05) is 111 Å². The van der Waals surface area contributed by atoms with Crippen LogP contribution in [0.2, 0.25) is 0 Å². The predicted molar refractivity (Wildman–Crippen MR) is 220 cm³/mol. The first-order valence-corrected chi connectivity index (χ1v) is 20.6. The molecule has 0 bridgehead atoms. The summed E-state index contributed by atoms with van der Waals surface area (Å²) in [6.45, 7) is 7.84. The van der Waals surface area contributed by atoms with Crippen molar-refractivity contribution in [2.45, 2.75) is 56.4 Å². The summed E-state index contributed by atoms with van der Waals surface area (Å²) < 4.78 is 3.16. The number of rotatable bonds is 7. The Kier molecular flexibility index (Phi) is 8.80. The third-order valence-corrected chi connectivity index (χ3v) is 13.6. The van der Waals surface area contributed by atoms with E-state index in [2.05, 4.69) is 72.8 Å². The van der Waals surface area contributed by atoms with E-state index in [1.165, 1.54) is 12.1 Å². The van der Waals surface area contributed by atoms with Crippen LogP contribution in [-0.4, -0.2) is 94.1 Å². The molecular weight excluding hydrogens is 719 g/mol. The fraction of sp³-hybridized carbons (Fsp3) is 0.432. The molecule has 1 unspecified atom stereocenters. The Labute approximate surface area is 331 Å². The number of piperidine rings is 2. The number of imidazole rings is 1. The molecule has 3 N–H and O–H groups in total. The zero-order valence-corrected chi connectivity index (χ0v) is 32.4. The highest BCUT2D eigenvalue weighted by Gasteiger charge is 2.45. The number of benzene rings is 2. The Morgan fingerprint density at radius 1 is 0.789 bits per heavy atom. The summed E-state index contributed by atoms with van der Waals surface area (Å²) in [5.74, 6) is -0.0410. The summed E-state index contributed by atoms with van der Waals surface area (Å²) in [5, 5.41) is 5.49. The van der Waals surface area contributed by atoms with E-state index in [0.717, 1.165) is 129 Å². The summed E-state index contributed by atoms with van der Waals surface area (Å²) in [7, 11) is 1.75. The second-order valence-corrected chi connectivity index (χ2v) is 16.8. The summed E-state index contributed by atoms with van der Waals surface area (Å²) in [5.41, 5.74) is 9.56. The smallest absolute Gasteiger partial charge is 0.329 e. The molecule has 5 aromatic rings. The molecule has 7 heterocycles. The van der Waals surface area contributed by atoms with Crippen molar-refractivity contribution >= 4 is 40.1 Å². The van der Waals surface area contributed by atoms with Gasteiger partial charge < -0.3 is 20.1 Å². The standard InChI is InChI=1S/C44H49N9O4/c1-49-38-24-32(7-8-36(38)53(43(49)57)37-9-10-39(54)48-42(37)56)51-17-12-28(13-18-51)26-50-19-21-52(22-20-50)31-5-3-29(4-6-31)34-23-30(11-16-45-34)35-25-33-40(47-35)44(14-2-15-44)27-46-41(33)55/h3-8,11,16,23-25,28,37,47H,2,9-10,12-15,17-22,26-27H2,1H3,(H,46,55)(H,48,54,56). The zero-order chi connectivity index (χ0) is 38.8. The van der Waals surface area contributed by atoms with Crippen molar-refractivity contribution in [2.75, 3.05) is 62.2 Å². The van der Waals surface area contributed by atoms with Crippen molar-refractivity contribution in [1.82, 2.24) is 34.6 Å². The fourth-order valence-corrected chi connectivity index (χ4v) is 9.98. The van der Waals surface area contributed by atoms with Crippen LogP contribution in [0.15, 0.2) is 71.7 Å². The van der Waals surface area contributed by atoms with Crippen LogP contribution >= 0.6 is 0 Å². The first kappa shape index (κ1) is 35.7. The highest BCUT2D eigenvalue weighted by Crippen LogP contribution is 2.47. The predicted octanol–water partition coefficient (Wildman–Crippen LogP) is 4.58. The number of piperazine rings is 1. The van der Waals surface area contributed by atoms with Gasteiger partial charge in [-0.15, -0.1) is 0 Å². The molecule has 294 valence electrons. The zero-order valence-electron chi connectivity index (χ0n) is 32.4. The van der Waals surface area contributed by atoms with Crippen LogP contribution in [0, 0.1) is 5.92 Å². The van der Waals surface area contributed by atoms with Gasteiger partial charge in [0.2, 0.25) is 11.8 Å². The number of amides is 3. The van der Waals surface area contributed by atoms with Crippen molar-refractivity contribution in [1.29, 1.82) is 0 Å². The van der Waals surface area contributed by atoms with Gasteiger partial charge in [-0.05, 0) is 86.6 Å². The number of nitrogens with one attached hydrogen (secondary N) is 3. The van der Waals surface area contributed by atoms with Crippen LogP contribution < -0.4 is 26.1 Å². The van der Waals surface area contributed by atoms with E-state index in [1.54, 1.807) is 16.2 Å². The third-order valence-electron chi connectivity index (χ3n) is 13.6. The number of hydrogen-bond donors (Lipinski definition) is 3. The molecule has 57 heavy (non-hydrogen) atoms. The molecule has 1 aliphatic carbocycles. The lowest BCUT2D eigenvalue weighted by molar-refractivity contribution is -0.135. The van der Waals surface area contributed by atoms with E-state index in [0.29, 0.717) is 12.3 Å². The van der Waals surface area contributed by atoms with E-state index in [9.17, 15) is 19.2 Å². The van der Waals surface area contributed by atoms with E-state index >= 15 is 0 Å². The van der Waals surface area contributed by atoms with E-state index < -0.39 is 11.9 Å². The SMILES string of the molecule is Cn1c(=O)n(C2CCC(=O)NC2=O)c2ccc(N3CCC(CN4CCN(c5ccc(-c6cc(-c7cc8c([nH]7)C7(CCC7)CNC8=O)ccn6)cc5)CC4)CC3)cc21. The maximum Gasteiger partial charge on any atom is 0.329 e. The highest BCUT2D eigenvalue weighted by molar-refractivity contribution is 6.00. The highest BCUT2D eigenvalue weighted by atomic mass is 16.2. The van der Waals surface area contributed by atoms with Crippen LogP contribution in [0.3, 0.4) is 0 Å². The minimum Gasteiger partial charge on any atom is -0.371 e. The molecule has 5 aliphatic rings. The topological polar surface area (TPSA) is 141 Å². The first-order valence-electron chi connectivity index (χ1n) is 20.6. The Hall–Kier alpha value is -5.69. The van der Waals surface area contributed by atoms with E-state index in [-0.39, 0.29) is 29.3 Å². The Balaban J connectivity index is 0.730. The molecule has 1 atom stereocenters. The van der Waals surface area contributed by atoms with Crippen LogP contribution in [0.1, 0.15) is 67.0 Å². The lowest BCUT2D eigenvalue weighted by atomic mass is 9.64. The Morgan fingerprint density at radius 2 is 1.54 bits per heavy atom. The molecule has 3 aromatic heterocycles. The number of anilines is 2. The van der Waals surface area contributed by atoms with Crippen LogP contribution in [-0.2, 0) is 22.1 Å². The van der Waals surface area contributed by atoms with E-state index in [4.69, 9.17) is 4.98 Å². The van der Waals surface area contributed by atoms with Crippen molar-refractivity contribution in [3.05, 3.63) is 88.6 Å². The number of hydrogen-bond acceptors (Lipinski definition) is 8. The molecule has 13 heteroatoms. The van der Waals surface area contributed by atoms with Crippen molar-refractivity contribution in [2.24, 2.45) is 13.0 Å². The Morgan fingerprint density at radius 3 is 2.28 bits per heavy atom. The van der Waals surface area contributed by atoms with Gasteiger partial charge in [-0.3, -0.25) is 38.7 Å². The lowest BCUT2D eigenvalue weighted by Crippen LogP contribution is -2.50. The number of pyridine rings is 1. The summed E-state index contributed by atoms with van der Waals surface area (Å²) in [6, 6.07) is 20.3. The maximum absolute atomic E-state index is 13.2. The summed E-state index contributed by atoms with van der Waals surface area (Å²) in [6.07, 6.45) is 8.09.